The smallest absolute Gasteiger partial charge is 0.247 e. The Hall–Kier alpha value is -0.790. The third kappa shape index (κ3) is 1.12. The van der Waals surface area contributed by atoms with Gasteiger partial charge in [0.05, 0.1) is 13.0 Å². The zero-order chi connectivity index (χ0) is 6.85. The summed E-state index contributed by atoms with van der Waals surface area (Å²) in [5.74, 6) is 1.86. The van der Waals surface area contributed by atoms with E-state index in [2.05, 4.69) is 23.4 Å². The third-order valence-corrected chi connectivity index (χ3v) is 1.46. The van der Waals surface area contributed by atoms with Crippen LogP contribution in [0.15, 0.2) is 12.4 Å². The largest absolute Gasteiger partial charge is 0.256 e. The highest BCUT2D eigenvalue weighted by Crippen LogP contribution is 2.03. The van der Waals surface area contributed by atoms with Crippen molar-refractivity contribution in [1.29, 1.82) is 0 Å². The van der Waals surface area contributed by atoms with Crippen LogP contribution < -0.4 is 4.57 Å². The van der Waals surface area contributed by atoms with E-state index < -0.39 is 0 Å². The second-order valence-electron chi connectivity index (χ2n) is 2.61. The van der Waals surface area contributed by atoms with Gasteiger partial charge in [-0.25, -0.2) is 9.55 Å². The maximum Gasteiger partial charge on any atom is 0.256 e. The lowest BCUT2D eigenvalue weighted by atomic mass is 10.2. The highest BCUT2D eigenvalue weighted by Gasteiger charge is 2.09. The summed E-state index contributed by atoms with van der Waals surface area (Å²) >= 11 is 0. The minimum Gasteiger partial charge on any atom is -0.247 e. The number of hydrogen-bond donors (Lipinski definition) is 1. The molecule has 0 radical (unpaired) electrons. The molecule has 9 heavy (non-hydrogen) atoms. The van der Waals surface area contributed by atoms with Crippen LogP contribution in [0.4, 0.5) is 0 Å². The van der Waals surface area contributed by atoms with E-state index in [0.717, 1.165) is 0 Å². The molecule has 2 heteroatoms. The number of nitrogens with zero attached hydrogens (tertiary/aromatic N) is 1. The Labute approximate surface area is 55.5 Å². The zero-order valence-electron chi connectivity index (χ0n) is 6.18. The molecule has 1 aromatic rings. The van der Waals surface area contributed by atoms with Crippen LogP contribution in [0.1, 0.15) is 25.6 Å². The van der Waals surface area contributed by atoms with Gasteiger partial charge in [-0.1, -0.05) is 13.8 Å². The molecule has 0 aliphatic carbocycles. The van der Waals surface area contributed by atoms with Crippen molar-refractivity contribution in [3.63, 3.8) is 0 Å². The number of H-pyrrole nitrogens is 1. The van der Waals surface area contributed by atoms with Crippen molar-refractivity contribution in [3.05, 3.63) is 18.2 Å². The molecule has 50 valence electrons. The first kappa shape index (κ1) is 6.33. The summed E-state index contributed by atoms with van der Waals surface area (Å²) in [5.41, 5.74) is 0. The number of aromatic amines is 1. The van der Waals surface area contributed by atoms with Gasteiger partial charge in [0.25, 0.3) is 5.82 Å². The first-order valence-electron chi connectivity index (χ1n) is 3.24. The second kappa shape index (κ2) is 2.21. The Morgan fingerprint density at radius 2 is 2.22 bits per heavy atom. The van der Waals surface area contributed by atoms with Gasteiger partial charge in [0.15, 0.2) is 0 Å². The minimum atomic E-state index is 0.588. The summed E-state index contributed by atoms with van der Waals surface area (Å²) in [6, 6.07) is 0. The van der Waals surface area contributed by atoms with E-state index in [9.17, 15) is 0 Å². The number of imidazole rings is 1. The lowest BCUT2D eigenvalue weighted by Crippen LogP contribution is -2.30. The van der Waals surface area contributed by atoms with Crippen LogP contribution in [0.25, 0.3) is 0 Å². The van der Waals surface area contributed by atoms with Crippen molar-refractivity contribution in [1.82, 2.24) is 4.98 Å². The van der Waals surface area contributed by atoms with Crippen LogP contribution in [0.2, 0.25) is 0 Å². The van der Waals surface area contributed by atoms with Gasteiger partial charge in [-0.15, -0.1) is 0 Å². The molecule has 0 aliphatic rings. The van der Waals surface area contributed by atoms with E-state index in [4.69, 9.17) is 0 Å². The van der Waals surface area contributed by atoms with Crippen molar-refractivity contribution < 1.29 is 4.57 Å². The molecule has 0 saturated carbocycles. The second-order valence-corrected chi connectivity index (χ2v) is 2.61. The normalized spacial score (nSPS) is 10.7. The Morgan fingerprint density at radius 3 is 2.44 bits per heavy atom. The van der Waals surface area contributed by atoms with Crippen LogP contribution in [-0.2, 0) is 7.05 Å². The van der Waals surface area contributed by atoms with E-state index >= 15 is 0 Å². The van der Waals surface area contributed by atoms with E-state index in [1.165, 1.54) is 5.82 Å². The van der Waals surface area contributed by atoms with Crippen LogP contribution in [0, 0.1) is 0 Å². The average Bonchev–Trinajstić information content (AvgIpc) is 2.13. The third-order valence-electron chi connectivity index (χ3n) is 1.46. The first-order chi connectivity index (χ1) is 4.22. The molecule has 0 saturated heterocycles. The van der Waals surface area contributed by atoms with Gasteiger partial charge in [0, 0.05) is 0 Å². The zero-order valence-corrected chi connectivity index (χ0v) is 6.18. The van der Waals surface area contributed by atoms with Crippen LogP contribution >= 0.6 is 0 Å². The van der Waals surface area contributed by atoms with Crippen molar-refractivity contribution in [3.8, 4) is 0 Å². The summed E-state index contributed by atoms with van der Waals surface area (Å²) in [6.07, 6.45) is 3.98. The Kier molecular flexibility index (Phi) is 1.56. The molecular formula is C7H13N2+. The van der Waals surface area contributed by atoms with Gasteiger partial charge in [0.1, 0.15) is 12.4 Å². The van der Waals surface area contributed by atoms with Crippen LogP contribution in [0.5, 0.6) is 0 Å². The van der Waals surface area contributed by atoms with Gasteiger partial charge in [0.2, 0.25) is 0 Å². The average molecular weight is 125 g/mol. The monoisotopic (exact) mass is 125 g/mol. The predicted octanol–water partition coefficient (Wildman–Crippen LogP) is 0.963. The standard InChI is InChI=1S/C7H12N2/c1-6(2)7-8-4-5-9(7)3/h4-6H,1-3H3/p+1. The molecule has 0 unspecified atom stereocenters. The fraction of sp³-hybridized carbons (Fsp3) is 0.571. The number of nitrogens with one attached hydrogen (secondary N) is 1. The molecule has 0 spiro atoms. The van der Waals surface area contributed by atoms with Gasteiger partial charge in [-0.05, 0) is 0 Å². The topological polar surface area (TPSA) is 19.7 Å². The molecule has 0 aromatic carbocycles. The molecule has 1 N–H and O–H groups in total. The lowest BCUT2D eigenvalue weighted by Gasteiger charge is -1.95. The minimum absolute atomic E-state index is 0.588. The molecule has 1 heterocycles. The molecule has 0 fully saturated rings. The van der Waals surface area contributed by atoms with Gasteiger partial charge in [-0.2, -0.15) is 0 Å². The van der Waals surface area contributed by atoms with E-state index in [1.807, 2.05) is 19.4 Å². The molecule has 1 aromatic heterocycles. The summed E-state index contributed by atoms with van der Waals surface area (Å²) in [6.45, 7) is 4.34. The predicted molar refractivity (Wildman–Crippen MR) is 36.1 cm³/mol. The quantitative estimate of drug-likeness (QED) is 0.539. The Balaban J connectivity index is 2.94. The Bertz CT molecular complexity index is 189. The van der Waals surface area contributed by atoms with Crippen molar-refractivity contribution in [2.75, 3.05) is 0 Å². The lowest BCUT2D eigenvalue weighted by molar-refractivity contribution is -0.678. The number of aryl methyl sites for hydroxylation is 1. The Morgan fingerprint density at radius 1 is 1.56 bits per heavy atom. The number of rotatable bonds is 1. The molecule has 0 amide bonds. The summed E-state index contributed by atoms with van der Waals surface area (Å²) in [4.78, 5) is 3.17. The fourth-order valence-electron chi connectivity index (χ4n) is 0.991. The van der Waals surface area contributed by atoms with Crippen LogP contribution in [-0.4, -0.2) is 4.98 Å². The maximum atomic E-state index is 3.17. The molecular weight excluding hydrogens is 112 g/mol. The van der Waals surface area contributed by atoms with Crippen molar-refractivity contribution in [2.45, 2.75) is 19.8 Å². The summed E-state index contributed by atoms with van der Waals surface area (Å²) < 4.78 is 2.10. The highest BCUT2D eigenvalue weighted by atomic mass is 15.0. The number of hydrogen-bond acceptors (Lipinski definition) is 0. The van der Waals surface area contributed by atoms with Crippen molar-refractivity contribution >= 4 is 0 Å². The van der Waals surface area contributed by atoms with Gasteiger partial charge in [-0.3, -0.25) is 0 Å². The van der Waals surface area contributed by atoms with E-state index in [0.29, 0.717) is 5.92 Å². The van der Waals surface area contributed by atoms with E-state index in [-0.39, 0.29) is 0 Å². The first-order valence-corrected chi connectivity index (χ1v) is 3.24. The molecule has 0 aliphatic heterocycles. The van der Waals surface area contributed by atoms with Gasteiger partial charge >= 0.3 is 0 Å². The molecule has 1 rings (SSSR count). The molecule has 2 nitrogen and oxygen atoms in total. The number of aromatic nitrogens is 2. The maximum absolute atomic E-state index is 3.17. The van der Waals surface area contributed by atoms with Crippen molar-refractivity contribution in [2.24, 2.45) is 7.05 Å². The highest BCUT2D eigenvalue weighted by molar-refractivity contribution is 4.83. The summed E-state index contributed by atoms with van der Waals surface area (Å²) in [5, 5.41) is 0. The molecule has 0 atom stereocenters. The molecule has 0 bridgehead atoms. The van der Waals surface area contributed by atoms with E-state index in [1.54, 1.807) is 0 Å². The fourth-order valence-corrected chi connectivity index (χ4v) is 0.991. The van der Waals surface area contributed by atoms with Gasteiger partial charge < -0.3 is 0 Å². The summed E-state index contributed by atoms with van der Waals surface area (Å²) in [7, 11) is 2.05. The SMILES string of the molecule is CC(C)c1[nH]cc[n+]1C. The van der Waals surface area contributed by atoms with Crippen LogP contribution in [0.3, 0.4) is 0 Å².